The fourth-order valence-electron chi connectivity index (χ4n) is 1.73. The van der Waals surface area contributed by atoms with Crippen molar-refractivity contribution >= 4 is 15.9 Å². The number of ether oxygens (including phenoxy) is 1. The van der Waals surface area contributed by atoms with Crippen LogP contribution in [-0.2, 0) is 0 Å². The molecule has 0 saturated carbocycles. The summed E-state index contributed by atoms with van der Waals surface area (Å²) in [5.74, 6) is 0.264. The first-order chi connectivity index (χ1) is 8.52. The molecule has 0 fully saturated rings. The van der Waals surface area contributed by atoms with Crippen molar-refractivity contribution in [1.82, 2.24) is 5.32 Å². The lowest BCUT2D eigenvalue weighted by Gasteiger charge is -2.19. The molecule has 18 heavy (non-hydrogen) atoms. The van der Waals surface area contributed by atoms with Crippen LogP contribution in [0, 0.1) is 5.82 Å². The summed E-state index contributed by atoms with van der Waals surface area (Å²) in [7, 11) is 0. The monoisotopic (exact) mass is 317 g/mol. The molecule has 2 atom stereocenters. The highest BCUT2D eigenvalue weighted by atomic mass is 79.9. The molecule has 1 aromatic rings. The van der Waals surface area contributed by atoms with Gasteiger partial charge in [0.2, 0.25) is 0 Å². The van der Waals surface area contributed by atoms with Gasteiger partial charge in [0.1, 0.15) is 17.7 Å². The summed E-state index contributed by atoms with van der Waals surface area (Å²) in [5, 5.41) is 3.40. The van der Waals surface area contributed by atoms with Gasteiger partial charge < -0.3 is 10.1 Å². The van der Waals surface area contributed by atoms with Gasteiger partial charge in [0.05, 0.1) is 4.47 Å². The van der Waals surface area contributed by atoms with Crippen molar-refractivity contribution in [3.8, 4) is 5.75 Å². The van der Waals surface area contributed by atoms with Crippen LogP contribution in [0.5, 0.6) is 5.75 Å². The van der Waals surface area contributed by atoms with Gasteiger partial charge in [-0.25, -0.2) is 4.39 Å². The van der Waals surface area contributed by atoms with E-state index in [0.717, 1.165) is 13.0 Å². The molecule has 0 bridgehead atoms. The number of nitrogens with one attached hydrogen (secondary N) is 1. The van der Waals surface area contributed by atoms with Gasteiger partial charge in [0.15, 0.2) is 0 Å². The van der Waals surface area contributed by atoms with Crippen LogP contribution in [-0.4, -0.2) is 18.7 Å². The van der Waals surface area contributed by atoms with E-state index in [4.69, 9.17) is 4.74 Å². The summed E-state index contributed by atoms with van der Waals surface area (Å²) >= 11 is 3.12. The molecule has 1 aromatic carbocycles. The van der Waals surface area contributed by atoms with Crippen LogP contribution in [0.3, 0.4) is 0 Å². The number of hydrogen-bond acceptors (Lipinski definition) is 2. The first-order valence-corrected chi connectivity index (χ1v) is 7.17. The summed E-state index contributed by atoms with van der Waals surface area (Å²) in [6.07, 6.45) is 2.34. The van der Waals surface area contributed by atoms with E-state index in [0.29, 0.717) is 16.3 Å². The van der Waals surface area contributed by atoms with E-state index in [1.54, 1.807) is 12.1 Å². The molecular formula is C14H21BrFNO. The van der Waals surface area contributed by atoms with Crippen LogP contribution < -0.4 is 10.1 Å². The summed E-state index contributed by atoms with van der Waals surface area (Å²) in [6, 6.07) is 5.31. The van der Waals surface area contributed by atoms with Crippen LogP contribution in [0.25, 0.3) is 0 Å². The van der Waals surface area contributed by atoms with Crippen molar-refractivity contribution in [2.45, 2.75) is 45.8 Å². The predicted octanol–water partition coefficient (Wildman–Crippen LogP) is 4.13. The lowest BCUT2D eigenvalue weighted by Crippen LogP contribution is -2.34. The van der Waals surface area contributed by atoms with Gasteiger partial charge in [-0.2, -0.15) is 0 Å². The second-order valence-electron chi connectivity index (χ2n) is 4.60. The van der Waals surface area contributed by atoms with Crippen molar-refractivity contribution < 1.29 is 9.13 Å². The molecule has 0 radical (unpaired) electrons. The molecule has 4 heteroatoms. The van der Waals surface area contributed by atoms with Gasteiger partial charge in [0.25, 0.3) is 0 Å². The Morgan fingerprint density at radius 2 is 2.11 bits per heavy atom. The van der Waals surface area contributed by atoms with Gasteiger partial charge in [-0.1, -0.05) is 13.3 Å². The third kappa shape index (κ3) is 5.36. The fraction of sp³-hybridized carbons (Fsp3) is 0.571. The summed E-state index contributed by atoms with van der Waals surface area (Å²) in [4.78, 5) is 0. The largest absolute Gasteiger partial charge is 0.489 e. The summed E-state index contributed by atoms with van der Waals surface area (Å²) in [6.45, 7) is 7.07. The van der Waals surface area contributed by atoms with Crippen molar-refractivity contribution in [2.75, 3.05) is 6.54 Å². The van der Waals surface area contributed by atoms with Crippen LogP contribution in [0.1, 0.15) is 33.6 Å². The van der Waals surface area contributed by atoms with E-state index in [9.17, 15) is 4.39 Å². The Balaban J connectivity index is 2.39. The van der Waals surface area contributed by atoms with Crippen molar-refractivity contribution in [3.05, 3.63) is 28.5 Å². The normalized spacial score (nSPS) is 14.3. The third-order valence-electron chi connectivity index (χ3n) is 2.70. The lowest BCUT2D eigenvalue weighted by molar-refractivity contribution is 0.210. The van der Waals surface area contributed by atoms with Gasteiger partial charge in [0, 0.05) is 18.7 Å². The van der Waals surface area contributed by atoms with Crippen molar-refractivity contribution in [2.24, 2.45) is 0 Å². The molecule has 0 aromatic heterocycles. The molecule has 0 aliphatic carbocycles. The molecule has 0 aliphatic heterocycles. The van der Waals surface area contributed by atoms with E-state index in [-0.39, 0.29) is 11.9 Å². The lowest BCUT2D eigenvalue weighted by atomic mass is 10.2. The third-order valence-corrected chi connectivity index (χ3v) is 3.35. The fourth-order valence-corrected chi connectivity index (χ4v) is 1.97. The maximum atomic E-state index is 13.3. The van der Waals surface area contributed by atoms with E-state index in [2.05, 4.69) is 35.1 Å². The Morgan fingerprint density at radius 1 is 1.39 bits per heavy atom. The Morgan fingerprint density at radius 3 is 2.72 bits per heavy atom. The molecule has 1 rings (SSSR count). The standard InChI is InChI=1S/C14H21BrFNO/c1-4-5-10(2)17-9-11(3)18-12-6-7-13(15)14(16)8-12/h6-8,10-11,17H,4-5,9H2,1-3H3. The molecule has 0 saturated heterocycles. The minimum Gasteiger partial charge on any atom is -0.489 e. The Bertz CT molecular complexity index is 373. The molecule has 0 amide bonds. The minimum atomic E-state index is -0.299. The van der Waals surface area contributed by atoms with Gasteiger partial charge in [-0.3, -0.25) is 0 Å². The predicted molar refractivity (Wildman–Crippen MR) is 76.6 cm³/mol. The molecule has 0 aliphatic rings. The Hall–Kier alpha value is -0.610. The molecule has 2 unspecified atom stereocenters. The highest BCUT2D eigenvalue weighted by Gasteiger charge is 2.08. The van der Waals surface area contributed by atoms with E-state index in [1.165, 1.54) is 12.5 Å². The Labute approximate surface area is 117 Å². The first-order valence-electron chi connectivity index (χ1n) is 6.38. The zero-order chi connectivity index (χ0) is 13.5. The Kier molecular flexibility index (Phi) is 6.65. The number of halogens is 2. The van der Waals surface area contributed by atoms with Crippen LogP contribution in [0.2, 0.25) is 0 Å². The first kappa shape index (κ1) is 15.4. The average Bonchev–Trinajstić information content (AvgIpc) is 2.32. The maximum absolute atomic E-state index is 13.3. The zero-order valence-corrected chi connectivity index (χ0v) is 12.8. The van der Waals surface area contributed by atoms with E-state index in [1.807, 2.05) is 6.92 Å². The van der Waals surface area contributed by atoms with Crippen molar-refractivity contribution in [3.63, 3.8) is 0 Å². The maximum Gasteiger partial charge on any atom is 0.141 e. The smallest absolute Gasteiger partial charge is 0.141 e. The number of benzene rings is 1. The molecule has 2 nitrogen and oxygen atoms in total. The van der Waals surface area contributed by atoms with E-state index >= 15 is 0 Å². The van der Waals surface area contributed by atoms with E-state index < -0.39 is 0 Å². The van der Waals surface area contributed by atoms with Gasteiger partial charge in [-0.05, 0) is 48.3 Å². The quantitative estimate of drug-likeness (QED) is 0.816. The molecular weight excluding hydrogens is 297 g/mol. The number of rotatable bonds is 7. The van der Waals surface area contributed by atoms with Crippen LogP contribution in [0.4, 0.5) is 4.39 Å². The average molecular weight is 318 g/mol. The number of hydrogen-bond donors (Lipinski definition) is 1. The van der Waals surface area contributed by atoms with Crippen molar-refractivity contribution in [1.29, 1.82) is 0 Å². The topological polar surface area (TPSA) is 21.3 Å². The highest BCUT2D eigenvalue weighted by Crippen LogP contribution is 2.21. The molecule has 102 valence electrons. The second-order valence-corrected chi connectivity index (χ2v) is 5.46. The van der Waals surface area contributed by atoms with Crippen LogP contribution >= 0.6 is 15.9 Å². The summed E-state index contributed by atoms with van der Waals surface area (Å²) in [5.41, 5.74) is 0. The highest BCUT2D eigenvalue weighted by molar-refractivity contribution is 9.10. The van der Waals surface area contributed by atoms with Crippen LogP contribution in [0.15, 0.2) is 22.7 Å². The summed E-state index contributed by atoms with van der Waals surface area (Å²) < 4.78 is 19.4. The van der Waals surface area contributed by atoms with Gasteiger partial charge >= 0.3 is 0 Å². The zero-order valence-electron chi connectivity index (χ0n) is 11.2. The molecule has 0 spiro atoms. The second kappa shape index (κ2) is 7.74. The molecule has 1 N–H and O–H groups in total. The SMILES string of the molecule is CCCC(C)NCC(C)Oc1ccc(Br)c(F)c1. The van der Waals surface area contributed by atoms with Gasteiger partial charge in [-0.15, -0.1) is 0 Å². The minimum absolute atomic E-state index is 0.0184. The molecule has 0 heterocycles.